The van der Waals surface area contributed by atoms with Crippen molar-refractivity contribution in [3.8, 4) is 0 Å². The van der Waals surface area contributed by atoms with E-state index >= 15 is 0 Å². The highest BCUT2D eigenvalue weighted by Crippen LogP contribution is 2.31. The first kappa shape index (κ1) is 22.4. The van der Waals surface area contributed by atoms with Gasteiger partial charge in [-0.2, -0.15) is 0 Å². The number of anilines is 1. The number of carbonyl (C=O) groups is 2. The lowest BCUT2D eigenvalue weighted by Gasteiger charge is -2.29. The van der Waals surface area contributed by atoms with Crippen LogP contribution in [0.15, 0.2) is 90.1 Å². The fourth-order valence-electron chi connectivity index (χ4n) is 3.81. The lowest BCUT2D eigenvalue weighted by molar-refractivity contribution is -0.140. The number of nitrogen functional groups attached to an aromatic ring is 1. The average Bonchev–Trinajstić information content (AvgIpc) is 2.82. The number of amides is 2. The van der Waals surface area contributed by atoms with Gasteiger partial charge in [0.15, 0.2) is 0 Å². The van der Waals surface area contributed by atoms with Gasteiger partial charge in [-0.15, -0.1) is 0 Å². The number of benzene rings is 3. The van der Waals surface area contributed by atoms with E-state index in [1.54, 1.807) is 18.2 Å². The zero-order chi connectivity index (χ0) is 23.2. The number of ether oxygens (including phenoxy) is 1. The number of halogens is 1. The zero-order valence-electron chi connectivity index (χ0n) is 17.9. The molecule has 1 aliphatic heterocycles. The Morgan fingerprint density at radius 1 is 0.970 bits per heavy atom. The van der Waals surface area contributed by atoms with Crippen molar-refractivity contribution in [2.24, 2.45) is 0 Å². The normalized spacial score (nSPS) is 15.5. The van der Waals surface area contributed by atoms with Crippen LogP contribution in [0.2, 0.25) is 5.02 Å². The Bertz CT molecular complexity index is 1190. The van der Waals surface area contributed by atoms with Crippen LogP contribution in [0, 0.1) is 0 Å². The van der Waals surface area contributed by atoms with Gasteiger partial charge in [-0.1, -0.05) is 72.3 Å². The summed E-state index contributed by atoms with van der Waals surface area (Å²) in [5, 5.41) is 6.28. The summed E-state index contributed by atoms with van der Waals surface area (Å²) in [6.45, 7) is 0.124. The number of rotatable bonds is 7. The molecule has 0 radical (unpaired) electrons. The summed E-state index contributed by atoms with van der Waals surface area (Å²) < 4.78 is 5.65. The third-order valence-corrected chi connectivity index (χ3v) is 5.80. The Kier molecular flexibility index (Phi) is 6.95. The van der Waals surface area contributed by atoms with Crippen molar-refractivity contribution in [1.29, 1.82) is 0 Å². The van der Waals surface area contributed by atoms with E-state index < -0.39 is 18.0 Å². The Morgan fingerprint density at radius 2 is 1.73 bits per heavy atom. The fourth-order valence-corrected chi connectivity index (χ4v) is 4.04. The number of nitrogens with one attached hydrogen (secondary N) is 2. The number of allylic oxidation sites excluding steroid dienone is 1. The average molecular weight is 462 g/mol. The van der Waals surface area contributed by atoms with Gasteiger partial charge in [0, 0.05) is 16.4 Å². The van der Waals surface area contributed by atoms with E-state index in [1.165, 1.54) is 0 Å². The molecule has 0 aliphatic carbocycles. The molecule has 3 aromatic carbocycles. The fraction of sp³-hybridized carbons (Fsp3) is 0.154. The Hall–Kier alpha value is -3.77. The van der Waals surface area contributed by atoms with Crippen LogP contribution in [0.3, 0.4) is 0 Å². The van der Waals surface area contributed by atoms with E-state index in [4.69, 9.17) is 22.1 Å². The highest BCUT2D eigenvalue weighted by molar-refractivity contribution is 6.31. The lowest BCUT2D eigenvalue weighted by atomic mass is 9.92. The van der Waals surface area contributed by atoms with E-state index in [2.05, 4.69) is 10.6 Å². The van der Waals surface area contributed by atoms with Crippen molar-refractivity contribution < 1.29 is 14.3 Å². The Labute approximate surface area is 197 Å². The number of carbonyl (C=O) groups excluding carboxylic acids is 2. The number of hydrogen-bond acceptors (Lipinski definition) is 4. The minimum atomic E-state index is -0.688. The Balaban J connectivity index is 1.67. The Morgan fingerprint density at radius 3 is 2.48 bits per heavy atom. The van der Waals surface area contributed by atoms with E-state index in [0.29, 0.717) is 40.4 Å². The SMILES string of the molecule is Nc1cccc(C2NC(=O)NC(CCc3ccccc3Cl)=C2C(=O)OCc2ccccc2)c1. The molecule has 0 bridgehead atoms. The van der Waals surface area contributed by atoms with Crippen LogP contribution in [0.1, 0.15) is 29.2 Å². The highest BCUT2D eigenvalue weighted by Gasteiger charge is 2.33. The number of nitrogens with two attached hydrogens (primary N) is 1. The number of esters is 1. The molecule has 33 heavy (non-hydrogen) atoms. The summed E-state index contributed by atoms with van der Waals surface area (Å²) in [6, 6.07) is 23.0. The maximum Gasteiger partial charge on any atom is 0.338 e. The minimum absolute atomic E-state index is 0.124. The van der Waals surface area contributed by atoms with Gasteiger partial charge < -0.3 is 21.1 Å². The van der Waals surface area contributed by atoms with Gasteiger partial charge in [0.2, 0.25) is 0 Å². The molecule has 1 atom stereocenters. The van der Waals surface area contributed by atoms with Gasteiger partial charge >= 0.3 is 12.0 Å². The van der Waals surface area contributed by atoms with Crippen LogP contribution in [-0.2, 0) is 22.6 Å². The van der Waals surface area contributed by atoms with Gasteiger partial charge in [-0.25, -0.2) is 9.59 Å². The smallest absolute Gasteiger partial charge is 0.338 e. The molecule has 1 unspecified atom stereocenters. The van der Waals surface area contributed by atoms with Crippen molar-refractivity contribution in [3.63, 3.8) is 0 Å². The first-order valence-corrected chi connectivity index (χ1v) is 11.0. The molecule has 4 N–H and O–H groups in total. The molecule has 0 fully saturated rings. The molecule has 1 aliphatic rings. The van der Waals surface area contributed by atoms with Crippen LogP contribution in [0.25, 0.3) is 0 Å². The monoisotopic (exact) mass is 461 g/mol. The molecule has 0 saturated heterocycles. The van der Waals surface area contributed by atoms with E-state index in [-0.39, 0.29) is 6.61 Å². The molecule has 168 valence electrons. The minimum Gasteiger partial charge on any atom is -0.457 e. The van der Waals surface area contributed by atoms with Crippen molar-refractivity contribution in [3.05, 3.63) is 112 Å². The molecule has 0 spiro atoms. The third kappa shape index (κ3) is 5.54. The molecule has 3 aromatic rings. The standard InChI is InChI=1S/C26H24ClN3O3/c27-21-12-5-4-9-18(21)13-14-22-23(25(31)33-16-17-7-2-1-3-8-17)24(30-26(32)29-22)19-10-6-11-20(28)15-19/h1-12,15,24H,13-14,16,28H2,(H2,29,30,32). The van der Waals surface area contributed by atoms with Crippen LogP contribution >= 0.6 is 11.6 Å². The summed E-state index contributed by atoms with van der Waals surface area (Å²) in [7, 11) is 0. The van der Waals surface area contributed by atoms with Gasteiger partial charge in [0.1, 0.15) is 6.61 Å². The molecule has 4 rings (SSSR count). The van der Waals surface area contributed by atoms with Crippen LogP contribution in [0.5, 0.6) is 0 Å². The van der Waals surface area contributed by atoms with E-state index in [0.717, 1.165) is 11.1 Å². The maximum atomic E-state index is 13.3. The third-order valence-electron chi connectivity index (χ3n) is 5.43. The summed E-state index contributed by atoms with van der Waals surface area (Å²) in [5.41, 5.74) is 9.86. The van der Waals surface area contributed by atoms with Crippen molar-refractivity contribution >= 4 is 29.3 Å². The summed E-state index contributed by atoms with van der Waals surface area (Å²) in [6.07, 6.45) is 0.958. The van der Waals surface area contributed by atoms with Gasteiger partial charge in [0.05, 0.1) is 11.6 Å². The van der Waals surface area contributed by atoms with Crippen molar-refractivity contribution in [2.45, 2.75) is 25.5 Å². The van der Waals surface area contributed by atoms with Gasteiger partial charge in [-0.05, 0) is 47.7 Å². The largest absolute Gasteiger partial charge is 0.457 e. The molecule has 7 heteroatoms. The molecular weight excluding hydrogens is 438 g/mol. The molecule has 0 saturated carbocycles. The second-order valence-electron chi connectivity index (χ2n) is 7.75. The quantitative estimate of drug-likeness (QED) is 0.344. The predicted molar refractivity (Wildman–Crippen MR) is 128 cm³/mol. The maximum absolute atomic E-state index is 13.3. The van der Waals surface area contributed by atoms with Crippen LogP contribution in [0.4, 0.5) is 10.5 Å². The van der Waals surface area contributed by atoms with Crippen molar-refractivity contribution in [1.82, 2.24) is 10.6 Å². The molecule has 0 aromatic heterocycles. The second-order valence-corrected chi connectivity index (χ2v) is 8.15. The number of aryl methyl sites for hydroxylation is 1. The number of urea groups is 1. The topological polar surface area (TPSA) is 93.5 Å². The zero-order valence-corrected chi connectivity index (χ0v) is 18.6. The summed E-state index contributed by atoms with van der Waals surface area (Å²) in [4.78, 5) is 25.8. The van der Waals surface area contributed by atoms with Gasteiger partial charge in [-0.3, -0.25) is 0 Å². The number of hydrogen-bond donors (Lipinski definition) is 3. The summed E-state index contributed by atoms with van der Waals surface area (Å²) in [5.74, 6) is -0.507. The molecule has 6 nitrogen and oxygen atoms in total. The first-order chi connectivity index (χ1) is 16.0. The first-order valence-electron chi connectivity index (χ1n) is 10.6. The van der Waals surface area contributed by atoms with Crippen LogP contribution < -0.4 is 16.4 Å². The second kappa shape index (κ2) is 10.2. The van der Waals surface area contributed by atoms with E-state index in [1.807, 2.05) is 60.7 Å². The molecule has 1 heterocycles. The predicted octanol–water partition coefficient (Wildman–Crippen LogP) is 4.91. The molecule has 2 amide bonds. The van der Waals surface area contributed by atoms with Crippen LogP contribution in [-0.4, -0.2) is 12.0 Å². The molecular formula is C26H24ClN3O3. The lowest BCUT2D eigenvalue weighted by Crippen LogP contribution is -2.46. The van der Waals surface area contributed by atoms with Gasteiger partial charge in [0.25, 0.3) is 0 Å². The van der Waals surface area contributed by atoms with Crippen molar-refractivity contribution in [2.75, 3.05) is 5.73 Å². The highest BCUT2D eigenvalue weighted by atomic mass is 35.5. The van der Waals surface area contributed by atoms with E-state index in [9.17, 15) is 9.59 Å². The summed E-state index contributed by atoms with van der Waals surface area (Å²) >= 11 is 6.31.